The first kappa shape index (κ1) is 16.1. The van der Waals surface area contributed by atoms with Gasteiger partial charge in [-0.2, -0.15) is 22.0 Å². The molecule has 0 saturated carbocycles. The van der Waals surface area contributed by atoms with Gasteiger partial charge in [-0.3, -0.25) is 0 Å². The molecule has 0 aromatic heterocycles. The van der Waals surface area contributed by atoms with Gasteiger partial charge in [0.25, 0.3) is 0 Å². The molecule has 108 valence electrons. The Bertz CT molecular complexity index is 495. The SMILES string of the molecule is CC(C)c1cc(Br)c(C(F)(F)C(F)(F)F)c(F)c1O. The number of benzene rings is 1. The minimum Gasteiger partial charge on any atom is -0.505 e. The third-order valence-electron chi connectivity index (χ3n) is 2.51. The molecule has 0 aliphatic heterocycles. The monoisotopic (exact) mass is 350 g/mol. The zero-order valence-electron chi connectivity index (χ0n) is 9.75. The summed E-state index contributed by atoms with van der Waals surface area (Å²) >= 11 is 2.50. The fraction of sp³-hybridized carbons (Fsp3) is 0.455. The summed E-state index contributed by atoms with van der Waals surface area (Å²) in [6.07, 6.45) is -5.96. The number of halogens is 7. The summed E-state index contributed by atoms with van der Waals surface area (Å²) < 4.78 is 76.0. The van der Waals surface area contributed by atoms with Crippen LogP contribution in [0.25, 0.3) is 0 Å². The third-order valence-corrected chi connectivity index (χ3v) is 3.14. The molecule has 0 aliphatic rings. The van der Waals surface area contributed by atoms with Gasteiger partial charge in [0.1, 0.15) is 0 Å². The summed E-state index contributed by atoms with van der Waals surface area (Å²) in [6.45, 7) is 3.06. The van der Waals surface area contributed by atoms with Crippen LogP contribution in [0.15, 0.2) is 10.5 Å². The van der Waals surface area contributed by atoms with E-state index < -0.39 is 39.6 Å². The van der Waals surface area contributed by atoms with Crippen molar-refractivity contribution in [1.29, 1.82) is 0 Å². The topological polar surface area (TPSA) is 20.2 Å². The van der Waals surface area contributed by atoms with Crippen LogP contribution in [0.5, 0.6) is 5.75 Å². The number of hydrogen-bond acceptors (Lipinski definition) is 1. The van der Waals surface area contributed by atoms with Gasteiger partial charge >= 0.3 is 12.1 Å². The Labute approximate surface area is 113 Å². The van der Waals surface area contributed by atoms with E-state index in [1.807, 2.05) is 0 Å². The first-order valence-corrected chi connectivity index (χ1v) is 5.86. The van der Waals surface area contributed by atoms with Crippen molar-refractivity contribution in [3.63, 3.8) is 0 Å². The average molecular weight is 351 g/mol. The molecule has 19 heavy (non-hydrogen) atoms. The zero-order valence-corrected chi connectivity index (χ0v) is 11.3. The van der Waals surface area contributed by atoms with E-state index in [0.29, 0.717) is 0 Å². The van der Waals surface area contributed by atoms with Crippen LogP contribution < -0.4 is 0 Å². The lowest BCUT2D eigenvalue weighted by Crippen LogP contribution is -2.35. The maximum atomic E-state index is 13.6. The highest BCUT2D eigenvalue weighted by Crippen LogP contribution is 2.49. The lowest BCUT2D eigenvalue weighted by molar-refractivity contribution is -0.290. The molecule has 0 saturated heterocycles. The van der Waals surface area contributed by atoms with Crippen LogP contribution in [-0.4, -0.2) is 11.3 Å². The van der Waals surface area contributed by atoms with Gasteiger partial charge in [-0.15, -0.1) is 0 Å². The van der Waals surface area contributed by atoms with Crippen LogP contribution in [-0.2, 0) is 5.92 Å². The second-order valence-electron chi connectivity index (χ2n) is 4.21. The van der Waals surface area contributed by atoms with Crippen molar-refractivity contribution < 1.29 is 31.4 Å². The minimum atomic E-state index is -5.96. The largest absolute Gasteiger partial charge is 0.505 e. The molecule has 0 radical (unpaired) electrons. The summed E-state index contributed by atoms with van der Waals surface area (Å²) in [5.74, 6) is -9.01. The molecule has 1 N–H and O–H groups in total. The highest BCUT2D eigenvalue weighted by Gasteiger charge is 2.61. The number of rotatable bonds is 2. The maximum absolute atomic E-state index is 13.6. The van der Waals surface area contributed by atoms with Crippen LogP contribution in [0.2, 0.25) is 0 Å². The van der Waals surface area contributed by atoms with E-state index >= 15 is 0 Å². The minimum absolute atomic E-state index is 0.0638. The smallest absolute Gasteiger partial charge is 0.458 e. The van der Waals surface area contributed by atoms with Crippen molar-refractivity contribution in [2.45, 2.75) is 31.9 Å². The van der Waals surface area contributed by atoms with Gasteiger partial charge in [-0.25, -0.2) is 4.39 Å². The Balaban J connectivity index is 3.61. The molecule has 0 spiro atoms. The third kappa shape index (κ3) is 2.68. The van der Waals surface area contributed by atoms with Crippen molar-refractivity contribution in [3.8, 4) is 5.75 Å². The number of alkyl halides is 5. The summed E-state index contributed by atoms with van der Waals surface area (Å²) in [5.41, 5.74) is -1.98. The van der Waals surface area contributed by atoms with Gasteiger partial charge in [0, 0.05) is 10.0 Å². The van der Waals surface area contributed by atoms with E-state index in [1.54, 1.807) is 0 Å². The number of phenolic OH excluding ortho intramolecular Hbond substituents is 1. The molecule has 1 aromatic carbocycles. The van der Waals surface area contributed by atoms with Crippen molar-refractivity contribution in [2.24, 2.45) is 0 Å². The van der Waals surface area contributed by atoms with Crippen molar-refractivity contribution in [3.05, 3.63) is 27.5 Å². The van der Waals surface area contributed by atoms with E-state index in [4.69, 9.17) is 0 Å². The van der Waals surface area contributed by atoms with Crippen LogP contribution in [0.3, 0.4) is 0 Å². The predicted molar refractivity (Wildman–Crippen MR) is 59.8 cm³/mol. The fourth-order valence-corrected chi connectivity index (χ4v) is 2.17. The van der Waals surface area contributed by atoms with E-state index in [9.17, 15) is 31.4 Å². The fourth-order valence-electron chi connectivity index (χ4n) is 1.50. The second kappa shape index (κ2) is 4.88. The predicted octanol–water partition coefficient (Wildman–Crippen LogP) is 5.07. The molecule has 1 nitrogen and oxygen atoms in total. The van der Waals surface area contributed by atoms with E-state index in [2.05, 4.69) is 15.9 Å². The lowest BCUT2D eigenvalue weighted by Gasteiger charge is -2.23. The molecule has 0 unspecified atom stereocenters. The van der Waals surface area contributed by atoms with Crippen LogP contribution >= 0.6 is 15.9 Å². The van der Waals surface area contributed by atoms with Crippen molar-refractivity contribution in [1.82, 2.24) is 0 Å². The number of phenols is 1. The molecule has 8 heteroatoms. The van der Waals surface area contributed by atoms with Gasteiger partial charge in [0.15, 0.2) is 11.6 Å². The molecule has 0 amide bonds. The van der Waals surface area contributed by atoms with Crippen LogP contribution in [0, 0.1) is 5.82 Å². The average Bonchev–Trinajstić information content (AvgIpc) is 2.21. The summed E-state index contributed by atoms with van der Waals surface area (Å²) in [7, 11) is 0. The molecular weight excluding hydrogens is 342 g/mol. The molecule has 0 bridgehead atoms. The molecule has 0 aliphatic carbocycles. The second-order valence-corrected chi connectivity index (χ2v) is 5.07. The molecule has 0 fully saturated rings. The van der Waals surface area contributed by atoms with E-state index in [0.717, 1.165) is 6.07 Å². The Hall–Kier alpha value is -0.920. The molecular formula is C11H9BrF6O. The van der Waals surface area contributed by atoms with E-state index in [-0.39, 0.29) is 5.56 Å². The number of aromatic hydroxyl groups is 1. The summed E-state index contributed by atoms with van der Waals surface area (Å²) in [5, 5.41) is 9.41. The summed E-state index contributed by atoms with van der Waals surface area (Å²) in [4.78, 5) is 0. The van der Waals surface area contributed by atoms with Gasteiger partial charge in [-0.1, -0.05) is 29.8 Å². The Morgan fingerprint density at radius 1 is 1.16 bits per heavy atom. The van der Waals surface area contributed by atoms with Gasteiger partial charge in [0.05, 0.1) is 5.56 Å². The molecule has 1 rings (SSSR count). The highest BCUT2D eigenvalue weighted by molar-refractivity contribution is 9.10. The van der Waals surface area contributed by atoms with Crippen LogP contribution in [0.1, 0.15) is 30.9 Å². The van der Waals surface area contributed by atoms with Gasteiger partial charge < -0.3 is 5.11 Å². The Morgan fingerprint density at radius 2 is 1.63 bits per heavy atom. The maximum Gasteiger partial charge on any atom is 0.458 e. The zero-order chi connectivity index (χ0) is 15.2. The lowest BCUT2D eigenvalue weighted by atomic mass is 9.97. The molecule has 0 heterocycles. The van der Waals surface area contributed by atoms with Gasteiger partial charge in [-0.05, 0) is 12.0 Å². The van der Waals surface area contributed by atoms with Crippen molar-refractivity contribution >= 4 is 15.9 Å². The standard InChI is InChI=1S/C11H9BrF6O/c1-4(2)5-3-6(12)7(8(13)9(5)19)10(14,15)11(16,17)18/h3-4,19H,1-2H3. The number of hydrogen-bond donors (Lipinski definition) is 1. The van der Waals surface area contributed by atoms with Crippen LogP contribution in [0.4, 0.5) is 26.3 Å². The Morgan fingerprint density at radius 3 is 2.00 bits per heavy atom. The van der Waals surface area contributed by atoms with Gasteiger partial charge in [0.2, 0.25) is 0 Å². The molecule has 0 atom stereocenters. The first-order valence-electron chi connectivity index (χ1n) is 5.07. The normalized spacial score (nSPS) is 13.2. The Kier molecular flexibility index (Phi) is 4.15. The quantitative estimate of drug-likeness (QED) is 0.738. The van der Waals surface area contributed by atoms with E-state index in [1.165, 1.54) is 13.8 Å². The highest BCUT2D eigenvalue weighted by atomic mass is 79.9. The first-order chi connectivity index (χ1) is 8.41. The molecule has 1 aromatic rings. The summed E-state index contributed by atoms with van der Waals surface area (Å²) in [6, 6.07) is 0.859. The van der Waals surface area contributed by atoms with Crippen molar-refractivity contribution in [2.75, 3.05) is 0 Å².